The van der Waals surface area contributed by atoms with Crippen molar-refractivity contribution in [1.82, 2.24) is 9.62 Å². The third-order valence-electron chi connectivity index (χ3n) is 2.12. The maximum absolute atomic E-state index is 11.7. The van der Waals surface area contributed by atoms with Crippen LogP contribution in [0.15, 0.2) is 30.3 Å². The first-order valence-corrected chi connectivity index (χ1v) is 6.30. The monoisotopic (exact) mass is 256 g/mol. The fourth-order valence-corrected chi connectivity index (χ4v) is 1.90. The van der Waals surface area contributed by atoms with Gasteiger partial charge in [0.2, 0.25) is 0 Å². The molecule has 0 saturated carbocycles. The summed E-state index contributed by atoms with van der Waals surface area (Å²) in [6.45, 7) is 3.69. The largest absolute Gasteiger partial charge is 0.333 e. The summed E-state index contributed by atoms with van der Waals surface area (Å²) in [6.07, 6.45) is 0. The molecule has 0 spiro atoms. The molecule has 1 aromatic carbocycles. The van der Waals surface area contributed by atoms with Crippen molar-refractivity contribution in [3.63, 3.8) is 0 Å². The third kappa shape index (κ3) is 4.16. The van der Waals surface area contributed by atoms with E-state index in [-0.39, 0.29) is 6.04 Å². The van der Waals surface area contributed by atoms with E-state index < -0.39 is 17.3 Å². The van der Waals surface area contributed by atoms with E-state index in [1.165, 1.54) is 0 Å². The number of hydrogen-bond donors (Lipinski definition) is 2. The van der Waals surface area contributed by atoms with Crippen molar-refractivity contribution in [2.24, 2.45) is 0 Å². The summed E-state index contributed by atoms with van der Waals surface area (Å²) in [6, 6.07) is 8.47. The molecule has 1 atom stereocenters. The van der Waals surface area contributed by atoms with Crippen molar-refractivity contribution in [2.75, 3.05) is 0 Å². The van der Waals surface area contributed by atoms with Crippen LogP contribution in [0.5, 0.6) is 0 Å². The molecule has 94 valence electrons. The Balaban J connectivity index is 2.57. The molecule has 2 N–H and O–H groups in total. The predicted molar refractivity (Wildman–Crippen MR) is 66.4 cm³/mol. The van der Waals surface area contributed by atoms with Gasteiger partial charge < -0.3 is 5.32 Å². The molecule has 1 rings (SSSR count). The van der Waals surface area contributed by atoms with Gasteiger partial charge in [-0.15, -0.1) is 0 Å². The van der Waals surface area contributed by atoms with Crippen LogP contribution < -0.4 is 5.32 Å². The van der Waals surface area contributed by atoms with Crippen LogP contribution in [0, 0.1) is 0 Å². The van der Waals surface area contributed by atoms with Crippen molar-refractivity contribution < 1.29 is 13.6 Å². The molecule has 1 aromatic rings. The Hall–Kier alpha value is -1.40. The lowest BCUT2D eigenvalue weighted by molar-refractivity contribution is 0.215. The summed E-state index contributed by atoms with van der Waals surface area (Å²) in [5.41, 5.74) is 0.938. The van der Waals surface area contributed by atoms with Gasteiger partial charge >= 0.3 is 6.03 Å². The molecule has 0 aromatic heterocycles. The lowest BCUT2D eigenvalue weighted by atomic mass is 10.2. The summed E-state index contributed by atoms with van der Waals surface area (Å²) in [4.78, 5) is 11.7. The number of carbonyl (C=O) groups is 1. The molecule has 5 nitrogen and oxygen atoms in total. The van der Waals surface area contributed by atoms with Gasteiger partial charge in [-0.2, -0.15) is 0 Å². The zero-order valence-corrected chi connectivity index (χ0v) is 10.6. The van der Waals surface area contributed by atoms with Crippen molar-refractivity contribution in [3.8, 4) is 0 Å². The van der Waals surface area contributed by atoms with Crippen LogP contribution >= 0.6 is 0 Å². The molecule has 1 unspecified atom stereocenters. The topological polar surface area (TPSA) is 69.6 Å². The van der Waals surface area contributed by atoms with Gasteiger partial charge in [0.1, 0.15) is 0 Å². The van der Waals surface area contributed by atoms with Crippen LogP contribution in [0.4, 0.5) is 4.79 Å². The van der Waals surface area contributed by atoms with Crippen LogP contribution in [0.2, 0.25) is 0 Å². The number of amides is 2. The highest BCUT2D eigenvalue weighted by Gasteiger charge is 2.21. The molecular formula is C11H16N2O3S. The highest BCUT2D eigenvalue weighted by molar-refractivity contribution is 7.77. The molecule has 0 aliphatic heterocycles. The van der Waals surface area contributed by atoms with Crippen LogP contribution in [-0.2, 0) is 17.8 Å². The maximum atomic E-state index is 11.7. The number of nitrogens with zero attached hydrogens (tertiary/aromatic N) is 1. The fourth-order valence-electron chi connectivity index (χ4n) is 1.34. The molecule has 0 aliphatic rings. The molecule has 0 heterocycles. The molecule has 0 bridgehead atoms. The van der Waals surface area contributed by atoms with Gasteiger partial charge in [-0.25, -0.2) is 13.3 Å². The highest BCUT2D eigenvalue weighted by Crippen LogP contribution is 2.03. The summed E-state index contributed by atoms with van der Waals surface area (Å²) in [5.74, 6) is 0. The van der Waals surface area contributed by atoms with Crippen LogP contribution in [0.25, 0.3) is 0 Å². The zero-order valence-electron chi connectivity index (χ0n) is 9.79. The van der Waals surface area contributed by atoms with Gasteiger partial charge in [-0.1, -0.05) is 30.3 Å². The Kier molecular flexibility index (Phi) is 5.11. The minimum atomic E-state index is -2.30. The van der Waals surface area contributed by atoms with Gasteiger partial charge in [-0.3, -0.25) is 4.55 Å². The molecule has 0 aliphatic carbocycles. The molecule has 2 amide bonds. The molecular weight excluding hydrogens is 240 g/mol. The quantitative estimate of drug-likeness (QED) is 0.806. The minimum absolute atomic E-state index is 0.333. The van der Waals surface area contributed by atoms with Crippen LogP contribution in [0.3, 0.4) is 0 Å². The van der Waals surface area contributed by atoms with E-state index in [0.717, 1.165) is 9.87 Å². The van der Waals surface area contributed by atoms with Crippen molar-refractivity contribution in [2.45, 2.75) is 26.4 Å². The predicted octanol–water partition coefficient (Wildman–Crippen LogP) is 1.74. The number of nitrogens with one attached hydrogen (secondary N) is 1. The second-order valence-corrected chi connectivity index (χ2v) is 4.65. The molecule has 17 heavy (non-hydrogen) atoms. The lowest BCUT2D eigenvalue weighted by Crippen LogP contribution is -2.44. The smallest absolute Gasteiger partial charge is 0.331 e. The average molecular weight is 256 g/mol. The Morgan fingerprint density at radius 2 is 2.00 bits per heavy atom. The van der Waals surface area contributed by atoms with E-state index in [4.69, 9.17) is 4.55 Å². The number of hydrogen-bond acceptors (Lipinski definition) is 2. The first-order chi connectivity index (χ1) is 8.02. The van der Waals surface area contributed by atoms with E-state index in [0.29, 0.717) is 6.54 Å². The van der Waals surface area contributed by atoms with Gasteiger partial charge in [0.05, 0.1) is 0 Å². The van der Waals surface area contributed by atoms with Gasteiger partial charge in [0.25, 0.3) is 11.3 Å². The van der Waals surface area contributed by atoms with E-state index in [1.54, 1.807) is 13.8 Å². The Morgan fingerprint density at radius 3 is 2.47 bits per heavy atom. The lowest BCUT2D eigenvalue weighted by Gasteiger charge is -2.22. The average Bonchev–Trinajstić information content (AvgIpc) is 2.27. The standard InChI is InChI=1S/C11H16N2O3S/c1-9(2)13(17(15)16)11(14)12-8-10-6-4-3-5-7-10/h3-7,9H,8H2,1-2H3,(H,12,14)(H,15,16). The normalized spacial score (nSPS) is 12.2. The Labute approximate surface area is 103 Å². The molecule has 0 fully saturated rings. The summed E-state index contributed by atoms with van der Waals surface area (Å²) in [5, 5.41) is 2.60. The number of urea groups is 1. The van der Waals surface area contributed by atoms with Crippen molar-refractivity contribution >= 4 is 17.3 Å². The van der Waals surface area contributed by atoms with Crippen molar-refractivity contribution in [1.29, 1.82) is 0 Å². The third-order valence-corrected chi connectivity index (χ3v) is 3.05. The van der Waals surface area contributed by atoms with Gasteiger partial charge in [-0.05, 0) is 19.4 Å². The molecule has 0 saturated heterocycles. The summed E-state index contributed by atoms with van der Waals surface area (Å²) >= 11 is -2.30. The summed E-state index contributed by atoms with van der Waals surface area (Å²) < 4.78 is 20.8. The first-order valence-electron chi connectivity index (χ1n) is 5.24. The number of rotatable bonds is 4. The van der Waals surface area contributed by atoms with E-state index in [2.05, 4.69) is 5.32 Å². The van der Waals surface area contributed by atoms with Crippen LogP contribution in [0.1, 0.15) is 19.4 Å². The second kappa shape index (κ2) is 6.36. The van der Waals surface area contributed by atoms with E-state index in [9.17, 15) is 9.00 Å². The Morgan fingerprint density at radius 1 is 1.41 bits per heavy atom. The SMILES string of the molecule is CC(C)N(C(=O)NCc1ccccc1)S(=O)O. The maximum Gasteiger partial charge on any atom is 0.331 e. The Bertz CT molecular complexity index is 395. The highest BCUT2D eigenvalue weighted by atomic mass is 32.2. The first kappa shape index (κ1) is 13.7. The zero-order chi connectivity index (χ0) is 12.8. The van der Waals surface area contributed by atoms with Crippen molar-refractivity contribution in [3.05, 3.63) is 35.9 Å². The number of carbonyl (C=O) groups excluding carboxylic acids is 1. The van der Waals surface area contributed by atoms with E-state index in [1.807, 2.05) is 30.3 Å². The van der Waals surface area contributed by atoms with E-state index >= 15 is 0 Å². The van der Waals surface area contributed by atoms with Gasteiger partial charge in [0.15, 0.2) is 0 Å². The second-order valence-electron chi connectivity index (χ2n) is 3.79. The molecule has 0 radical (unpaired) electrons. The summed E-state index contributed by atoms with van der Waals surface area (Å²) in [7, 11) is 0. The fraction of sp³-hybridized carbons (Fsp3) is 0.364. The van der Waals surface area contributed by atoms with Gasteiger partial charge in [0, 0.05) is 12.6 Å². The van der Waals surface area contributed by atoms with Crippen LogP contribution in [-0.4, -0.2) is 25.1 Å². The number of benzene rings is 1. The molecule has 6 heteroatoms. The minimum Gasteiger partial charge on any atom is -0.333 e.